The molecule has 11 nitrogen and oxygen atoms in total. The molecule has 196 valence electrons. The van der Waals surface area contributed by atoms with Crippen LogP contribution in [-0.4, -0.2) is 81.3 Å². The maximum Gasteiger partial charge on any atom is 0.260 e. The highest BCUT2D eigenvalue weighted by Gasteiger charge is 2.33. The van der Waals surface area contributed by atoms with Gasteiger partial charge in [0, 0.05) is 44.2 Å². The van der Waals surface area contributed by atoms with E-state index in [0.29, 0.717) is 48.9 Å². The zero-order valence-electron chi connectivity index (χ0n) is 21.6. The minimum absolute atomic E-state index is 0.0349. The summed E-state index contributed by atoms with van der Waals surface area (Å²) in [6, 6.07) is 13.4. The molecule has 2 aliphatic rings. The molecule has 1 amide bonds. The van der Waals surface area contributed by atoms with E-state index in [2.05, 4.69) is 25.2 Å². The summed E-state index contributed by atoms with van der Waals surface area (Å²) in [6.45, 7) is 6.39. The summed E-state index contributed by atoms with van der Waals surface area (Å²) in [5.74, 6) is 2.72. The van der Waals surface area contributed by atoms with Crippen molar-refractivity contribution in [2.24, 2.45) is 0 Å². The Morgan fingerprint density at radius 3 is 2.71 bits per heavy atom. The van der Waals surface area contributed by atoms with Crippen molar-refractivity contribution in [3.8, 4) is 22.9 Å². The van der Waals surface area contributed by atoms with Gasteiger partial charge >= 0.3 is 0 Å². The number of carbonyl (C=O) groups is 1. The number of amides is 1. The first-order valence-corrected chi connectivity index (χ1v) is 12.6. The normalized spacial score (nSPS) is 16.3. The van der Waals surface area contributed by atoms with Crippen molar-refractivity contribution in [1.29, 1.82) is 0 Å². The van der Waals surface area contributed by atoms with Gasteiger partial charge in [-0.05, 0) is 32.0 Å². The lowest BCUT2D eigenvalue weighted by atomic mass is 10.0. The molecule has 0 saturated carbocycles. The summed E-state index contributed by atoms with van der Waals surface area (Å²) < 4.78 is 19.0. The van der Waals surface area contributed by atoms with Gasteiger partial charge in [0.25, 0.3) is 5.91 Å². The van der Waals surface area contributed by atoms with E-state index in [1.165, 1.54) is 6.33 Å². The van der Waals surface area contributed by atoms with Crippen molar-refractivity contribution in [3.63, 3.8) is 0 Å². The van der Waals surface area contributed by atoms with Gasteiger partial charge in [-0.1, -0.05) is 23.4 Å². The monoisotopic (exact) mass is 515 g/mol. The molecule has 0 N–H and O–H groups in total. The molecular formula is C27H29N7O4. The molecule has 11 heteroatoms. The van der Waals surface area contributed by atoms with Gasteiger partial charge in [-0.3, -0.25) is 4.79 Å². The standard InChI is InChI=1S/C27H29N7O4/c1-27(2)15-18-6-4-9-21(24(18)38-27)37-16-22(35)32-10-12-33(13-11-32)25-23-26(29-17-28-25)34(31-30-23)19-7-5-8-20(14-19)36-3/h4-9,14,17H,10-13,15-16H2,1-3H3. The molecule has 0 aliphatic carbocycles. The first-order valence-electron chi connectivity index (χ1n) is 12.6. The molecule has 4 aromatic rings. The lowest BCUT2D eigenvalue weighted by Crippen LogP contribution is -2.50. The fraction of sp³-hybridized carbons (Fsp3) is 0.370. The van der Waals surface area contributed by atoms with Crippen molar-refractivity contribution in [2.75, 3.05) is 44.8 Å². The Balaban J connectivity index is 1.11. The number of nitrogens with zero attached hydrogens (tertiary/aromatic N) is 7. The highest BCUT2D eigenvalue weighted by Crippen LogP contribution is 2.41. The number of hydrogen-bond donors (Lipinski definition) is 0. The number of piperazine rings is 1. The van der Waals surface area contributed by atoms with Crippen LogP contribution in [0.4, 0.5) is 5.82 Å². The molecular weight excluding hydrogens is 486 g/mol. The van der Waals surface area contributed by atoms with E-state index in [9.17, 15) is 4.79 Å². The van der Waals surface area contributed by atoms with Gasteiger partial charge < -0.3 is 24.0 Å². The van der Waals surface area contributed by atoms with Crippen molar-refractivity contribution in [3.05, 3.63) is 54.4 Å². The number of methoxy groups -OCH3 is 1. The molecule has 0 radical (unpaired) electrons. The molecule has 2 aromatic heterocycles. The Morgan fingerprint density at radius 1 is 1.08 bits per heavy atom. The van der Waals surface area contributed by atoms with Crippen molar-refractivity contribution < 1.29 is 19.0 Å². The largest absolute Gasteiger partial charge is 0.497 e. The smallest absolute Gasteiger partial charge is 0.260 e. The number of hydrogen-bond acceptors (Lipinski definition) is 9. The number of ether oxygens (including phenoxy) is 3. The van der Waals surface area contributed by atoms with Gasteiger partial charge in [0.05, 0.1) is 12.8 Å². The summed E-state index contributed by atoms with van der Waals surface area (Å²) in [4.78, 5) is 25.8. The van der Waals surface area contributed by atoms with Gasteiger partial charge in [0.1, 0.15) is 17.7 Å². The lowest BCUT2D eigenvalue weighted by molar-refractivity contribution is -0.133. The van der Waals surface area contributed by atoms with Crippen LogP contribution < -0.4 is 19.1 Å². The van der Waals surface area contributed by atoms with Crippen molar-refractivity contribution in [1.82, 2.24) is 29.9 Å². The zero-order chi connectivity index (χ0) is 26.3. The average molecular weight is 516 g/mol. The van der Waals surface area contributed by atoms with E-state index in [0.717, 1.165) is 29.2 Å². The van der Waals surface area contributed by atoms with E-state index < -0.39 is 0 Å². The first kappa shape index (κ1) is 24.0. The van der Waals surface area contributed by atoms with Crippen LogP contribution in [-0.2, 0) is 11.2 Å². The molecule has 1 saturated heterocycles. The topological polar surface area (TPSA) is 108 Å². The molecule has 4 heterocycles. The minimum Gasteiger partial charge on any atom is -0.497 e. The summed E-state index contributed by atoms with van der Waals surface area (Å²) in [5.41, 5.74) is 2.85. The second kappa shape index (κ2) is 9.47. The number of benzene rings is 2. The van der Waals surface area contributed by atoms with Gasteiger partial charge in [-0.2, -0.15) is 4.68 Å². The average Bonchev–Trinajstić information content (AvgIpc) is 3.51. The Labute approximate surface area is 219 Å². The molecule has 0 atom stereocenters. The fourth-order valence-corrected chi connectivity index (χ4v) is 4.98. The molecule has 1 fully saturated rings. The predicted molar refractivity (Wildman–Crippen MR) is 140 cm³/mol. The Kier molecular flexibility index (Phi) is 5.97. The minimum atomic E-state index is -0.270. The molecule has 2 aliphatic heterocycles. The van der Waals surface area contributed by atoms with Crippen LogP contribution in [0, 0.1) is 0 Å². The van der Waals surface area contributed by atoms with Crippen LogP contribution in [0.2, 0.25) is 0 Å². The maximum absolute atomic E-state index is 12.9. The fourth-order valence-electron chi connectivity index (χ4n) is 4.98. The van der Waals surface area contributed by atoms with E-state index in [4.69, 9.17) is 14.2 Å². The van der Waals surface area contributed by atoms with Crippen LogP contribution in [0.3, 0.4) is 0 Å². The van der Waals surface area contributed by atoms with Gasteiger partial charge in [0.2, 0.25) is 0 Å². The number of anilines is 1. The second-order valence-electron chi connectivity index (χ2n) is 10.0. The molecule has 0 bridgehead atoms. The summed E-state index contributed by atoms with van der Waals surface area (Å²) >= 11 is 0. The van der Waals surface area contributed by atoms with E-state index in [1.54, 1.807) is 11.8 Å². The third-order valence-corrected chi connectivity index (χ3v) is 6.85. The third-order valence-electron chi connectivity index (χ3n) is 6.85. The van der Waals surface area contributed by atoms with Gasteiger partial charge in [0.15, 0.2) is 35.1 Å². The van der Waals surface area contributed by atoms with Crippen LogP contribution >= 0.6 is 0 Å². The van der Waals surface area contributed by atoms with Crippen molar-refractivity contribution in [2.45, 2.75) is 25.9 Å². The quantitative estimate of drug-likeness (QED) is 0.383. The summed E-state index contributed by atoms with van der Waals surface area (Å²) in [7, 11) is 1.62. The van der Waals surface area contributed by atoms with Crippen molar-refractivity contribution >= 4 is 22.9 Å². The number of rotatable bonds is 6. The highest BCUT2D eigenvalue weighted by molar-refractivity contribution is 5.84. The molecule has 38 heavy (non-hydrogen) atoms. The Bertz CT molecular complexity index is 1490. The molecule has 2 aromatic carbocycles. The Hall–Kier alpha value is -4.41. The van der Waals surface area contributed by atoms with Crippen LogP contribution in [0.1, 0.15) is 19.4 Å². The van der Waals surface area contributed by atoms with E-state index >= 15 is 0 Å². The highest BCUT2D eigenvalue weighted by atomic mass is 16.5. The zero-order valence-corrected chi connectivity index (χ0v) is 21.6. The summed E-state index contributed by atoms with van der Waals surface area (Å²) in [5, 5.41) is 8.69. The second-order valence-corrected chi connectivity index (χ2v) is 10.0. The Morgan fingerprint density at radius 2 is 1.89 bits per heavy atom. The number of para-hydroxylation sites is 1. The third kappa shape index (κ3) is 4.44. The van der Waals surface area contributed by atoms with Gasteiger partial charge in [-0.15, -0.1) is 5.10 Å². The lowest BCUT2D eigenvalue weighted by Gasteiger charge is -2.35. The van der Waals surface area contributed by atoms with Crippen LogP contribution in [0.15, 0.2) is 48.8 Å². The number of aromatic nitrogens is 5. The number of fused-ring (bicyclic) bond motifs is 2. The van der Waals surface area contributed by atoms with E-state index in [1.807, 2.05) is 61.2 Å². The summed E-state index contributed by atoms with van der Waals surface area (Å²) in [6.07, 6.45) is 2.34. The van der Waals surface area contributed by atoms with Crippen LogP contribution in [0.5, 0.6) is 17.2 Å². The SMILES string of the molecule is COc1cccc(-n2nnc3c(N4CCN(C(=O)COc5cccc6c5OC(C)(C)C6)CC4)ncnc32)c1. The molecule has 6 rings (SSSR count). The number of carbonyl (C=O) groups excluding carboxylic acids is 1. The maximum atomic E-state index is 12.9. The molecule has 0 spiro atoms. The van der Waals surface area contributed by atoms with E-state index in [-0.39, 0.29) is 18.1 Å². The van der Waals surface area contributed by atoms with Gasteiger partial charge in [-0.25, -0.2) is 9.97 Å². The first-order chi connectivity index (χ1) is 18.4. The van der Waals surface area contributed by atoms with Crippen LogP contribution in [0.25, 0.3) is 16.9 Å². The molecule has 0 unspecified atom stereocenters. The predicted octanol–water partition coefficient (Wildman–Crippen LogP) is 2.66.